The highest BCUT2D eigenvalue weighted by Gasteiger charge is 2.36. The first-order valence-electron chi connectivity index (χ1n) is 11.5. The van der Waals surface area contributed by atoms with Crippen LogP contribution in [0.2, 0.25) is 0 Å². The molecule has 0 aliphatic carbocycles. The van der Waals surface area contributed by atoms with Crippen LogP contribution in [0.4, 0.5) is 21.0 Å². The van der Waals surface area contributed by atoms with Crippen molar-refractivity contribution in [1.29, 1.82) is 0 Å². The summed E-state index contributed by atoms with van der Waals surface area (Å²) in [5.41, 5.74) is 2.85. The Hall–Kier alpha value is -4.01. The van der Waals surface area contributed by atoms with Gasteiger partial charge in [0.1, 0.15) is 5.75 Å². The Morgan fingerprint density at radius 1 is 1.03 bits per heavy atom. The molecule has 0 saturated carbocycles. The quantitative estimate of drug-likeness (QED) is 0.459. The minimum absolute atomic E-state index is 0.267. The second-order valence-corrected chi connectivity index (χ2v) is 8.42. The zero-order valence-electron chi connectivity index (χ0n) is 20.7. The van der Waals surface area contributed by atoms with Crippen molar-refractivity contribution < 1.29 is 23.9 Å². The summed E-state index contributed by atoms with van der Waals surface area (Å²) in [6.45, 7) is 7.79. The number of hydrogen-bond acceptors (Lipinski definition) is 5. The first-order chi connectivity index (χ1) is 16.7. The van der Waals surface area contributed by atoms with Gasteiger partial charge in [-0.1, -0.05) is 19.1 Å². The molecule has 3 rings (SSSR count). The second kappa shape index (κ2) is 11.4. The first-order valence-corrected chi connectivity index (χ1v) is 11.5. The summed E-state index contributed by atoms with van der Waals surface area (Å²) in [4.78, 5) is 39.6. The van der Waals surface area contributed by atoms with Crippen LogP contribution >= 0.6 is 0 Å². The number of rotatable bonds is 8. The SMILES string of the molecule is CCCN1C(=O)NC(c2ccc(NC(=O)Nc3ccc(OC)cc3)cc2)C(C(=O)OC(C)C)=C1C. The molecule has 1 heterocycles. The Morgan fingerprint density at radius 2 is 1.60 bits per heavy atom. The third kappa shape index (κ3) is 6.32. The molecule has 0 saturated heterocycles. The summed E-state index contributed by atoms with van der Waals surface area (Å²) >= 11 is 0. The molecule has 186 valence electrons. The summed E-state index contributed by atoms with van der Waals surface area (Å²) < 4.78 is 10.6. The lowest BCUT2D eigenvalue weighted by Crippen LogP contribution is -2.48. The fourth-order valence-corrected chi connectivity index (χ4v) is 3.79. The molecular weight excluding hydrogens is 448 g/mol. The molecule has 1 unspecified atom stereocenters. The highest BCUT2D eigenvalue weighted by atomic mass is 16.5. The predicted octanol–water partition coefficient (Wildman–Crippen LogP) is 5.04. The van der Waals surface area contributed by atoms with E-state index in [2.05, 4.69) is 16.0 Å². The number of benzene rings is 2. The second-order valence-electron chi connectivity index (χ2n) is 8.42. The van der Waals surface area contributed by atoms with Crippen LogP contribution in [0, 0.1) is 0 Å². The molecule has 0 fully saturated rings. The van der Waals surface area contributed by atoms with Crippen molar-refractivity contribution in [3.63, 3.8) is 0 Å². The van der Waals surface area contributed by atoms with Crippen LogP contribution in [0.5, 0.6) is 5.75 Å². The molecular formula is C26H32N4O5. The van der Waals surface area contributed by atoms with Gasteiger partial charge in [-0.2, -0.15) is 0 Å². The van der Waals surface area contributed by atoms with E-state index in [0.29, 0.717) is 40.5 Å². The van der Waals surface area contributed by atoms with Crippen LogP contribution in [0.15, 0.2) is 59.8 Å². The van der Waals surface area contributed by atoms with Crippen molar-refractivity contribution in [2.75, 3.05) is 24.3 Å². The molecule has 1 aliphatic rings. The number of nitrogens with zero attached hydrogens (tertiary/aromatic N) is 1. The Kier molecular flexibility index (Phi) is 8.35. The van der Waals surface area contributed by atoms with Crippen molar-refractivity contribution in [2.24, 2.45) is 0 Å². The molecule has 0 aromatic heterocycles. The van der Waals surface area contributed by atoms with E-state index in [1.807, 2.05) is 6.92 Å². The maximum Gasteiger partial charge on any atom is 0.338 e. The minimum atomic E-state index is -0.663. The predicted molar refractivity (Wildman–Crippen MR) is 134 cm³/mol. The zero-order chi connectivity index (χ0) is 25.5. The van der Waals surface area contributed by atoms with Gasteiger partial charge in [0.25, 0.3) is 0 Å². The highest BCUT2D eigenvalue weighted by molar-refractivity contribution is 6.00. The van der Waals surface area contributed by atoms with Gasteiger partial charge in [-0.15, -0.1) is 0 Å². The average Bonchev–Trinajstić information content (AvgIpc) is 2.81. The number of ether oxygens (including phenoxy) is 2. The van der Waals surface area contributed by atoms with Crippen LogP contribution in [0.3, 0.4) is 0 Å². The van der Waals surface area contributed by atoms with Gasteiger partial charge in [-0.05, 0) is 69.2 Å². The third-order valence-electron chi connectivity index (χ3n) is 5.46. The van der Waals surface area contributed by atoms with E-state index in [0.717, 1.165) is 6.42 Å². The van der Waals surface area contributed by atoms with E-state index >= 15 is 0 Å². The number of hydrogen-bond donors (Lipinski definition) is 3. The summed E-state index contributed by atoms with van der Waals surface area (Å²) in [6, 6.07) is 12.6. The number of allylic oxidation sites excluding steroid dienone is 1. The number of anilines is 2. The first kappa shape index (κ1) is 25.6. The summed E-state index contributed by atoms with van der Waals surface area (Å²) in [5, 5.41) is 8.44. The molecule has 2 aromatic carbocycles. The van der Waals surface area contributed by atoms with E-state index in [1.54, 1.807) is 81.3 Å². The lowest BCUT2D eigenvalue weighted by molar-refractivity contribution is -0.143. The lowest BCUT2D eigenvalue weighted by atomic mass is 9.94. The van der Waals surface area contributed by atoms with Gasteiger partial charge in [0.05, 0.1) is 24.8 Å². The smallest absolute Gasteiger partial charge is 0.338 e. The molecule has 1 atom stereocenters. The number of nitrogens with one attached hydrogen (secondary N) is 3. The van der Waals surface area contributed by atoms with E-state index in [9.17, 15) is 14.4 Å². The molecule has 0 radical (unpaired) electrons. The van der Waals surface area contributed by atoms with E-state index in [4.69, 9.17) is 9.47 Å². The molecule has 9 heteroatoms. The maximum absolute atomic E-state index is 13.0. The Labute approximate surface area is 205 Å². The van der Waals surface area contributed by atoms with Crippen molar-refractivity contribution in [2.45, 2.75) is 46.3 Å². The third-order valence-corrected chi connectivity index (χ3v) is 5.46. The van der Waals surface area contributed by atoms with Crippen molar-refractivity contribution in [3.8, 4) is 5.75 Å². The summed E-state index contributed by atoms with van der Waals surface area (Å²) in [6.07, 6.45) is 0.456. The number of urea groups is 2. The number of carbonyl (C=O) groups is 3. The van der Waals surface area contributed by atoms with Gasteiger partial charge in [0.15, 0.2) is 0 Å². The molecule has 1 aliphatic heterocycles. The summed E-state index contributed by atoms with van der Waals surface area (Å²) in [7, 11) is 1.58. The van der Waals surface area contributed by atoms with E-state index in [1.165, 1.54) is 0 Å². The van der Waals surface area contributed by atoms with Gasteiger partial charge in [0, 0.05) is 23.6 Å². The number of methoxy groups -OCH3 is 1. The van der Waals surface area contributed by atoms with Crippen molar-refractivity contribution >= 4 is 29.4 Å². The Balaban J connectivity index is 1.78. The molecule has 4 amide bonds. The Morgan fingerprint density at radius 3 is 2.11 bits per heavy atom. The van der Waals surface area contributed by atoms with Crippen molar-refractivity contribution in [1.82, 2.24) is 10.2 Å². The van der Waals surface area contributed by atoms with Crippen molar-refractivity contribution in [3.05, 3.63) is 65.4 Å². The topological polar surface area (TPSA) is 109 Å². The van der Waals surface area contributed by atoms with Gasteiger partial charge in [-0.3, -0.25) is 4.90 Å². The standard InChI is InChI=1S/C26H32N4O5/c1-6-15-30-17(4)22(24(31)35-16(2)3)23(29-26(30)33)18-7-9-19(10-8-18)27-25(32)28-20-11-13-21(34-5)14-12-20/h7-14,16,23H,6,15H2,1-5H3,(H,29,33)(H2,27,28,32). The molecule has 3 N–H and O–H groups in total. The van der Waals surface area contributed by atoms with Crippen LogP contribution in [0.25, 0.3) is 0 Å². The summed E-state index contributed by atoms with van der Waals surface area (Å²) in [5.74, 6) is 0.227. The minimum Gasteiger partial charge on any atom is -0.497 e. The molecule has 0 bridgehead atoms. The van der Waals surface area contributed by atoms with Crippen LogP contribution < -0.4 is 20.7 Å². The fraction of sp³-hybridized carbons (Fsp3) is 0.346. The van der Waals surface area contributed by atoms with E-state index < -0.39 is 18.0 Å². The van der Waals surface area contributed by atoms with Gasteiger partial charge in [0.2, 0.25) is 0 Å². The molecule has 2 aromatic rings. The number of carbonyl (C=O) groups excluding carboxylic acids is 3. The number of amides is 4. The van der Waals surface area contributed by atoms with Gasteiger partial charge < -0.3 is 25.4 Å². The molecule has 0 spiro atoms. The van der Waals surface area contributed by atoms with Crippen LogP contribution in [-0.4, -0.2) is 42.7 Å². The molecule has 35 heavy (non-hydrogen) atoms. The average molecular weight is 481 g/mol. The Bertz CT molecular complexity index is 1090. The van der Waals surface area contributed by atoms with Gasteiger partial charge in [-0.25, -0.2) is 14.4 Å². The lowest BCUT2D eigenvalue weighted by Gasteiger charge is -2.35. The fourth-order valence-electron chi connectivity index (χ4n) is 3.79. The van der Waals surface area contributed by atoms with Crippen LogP contribution in [-0.2, 0) is 9.53 Å². The van der Waals surface area contributed by atoms with E-state index in [-0.39, 0.29) is 12.1 Å². The highest BCUT2D eigenvalue weighted by Crippen LogP contribution is 2.32. The molecule has 9 nitrogen and oxygen atoms in total. The maximum atomic E-state index is 13.0. The van der Waals surface area contributed by atoms with Crippen LogP contribution in [0.1, 0.15) is 45.7 Å². The largest absolute Gasteiger partial charge is 0.497 e. The number of esters is 1. The van der Waals surface area contributed by atoms with Gasteiger partial charge >= 0.3 is 18.0 Å². The monoisotopic (exact) mass is 480 g/mol. The zero-order valence-corrected chi connectivity index (χ0v) is 20.7. The normalized spacial score (nSPS) is 15.5.